The molecular formula is C21H45N3. The van der Waals surface area contributed by atoms with Crippen molar-refractivity contribution in [3.8, 4) is 0 Å². The van der Waals surface area contributed by atoms with E-state index in [9.17, 15) is 0 Å². The van der Waals surface area contributed by atoms with Crippen LogP contribution in [0.25, 0.3) is 0 Å². The molecule has 0 aromatic rings. The first-order chi connectivity index (χ1) is 11.2. The van der Waals surface area contributed by atoms with Crippen LogP contribution in [0.15, 0.2) is 4.99 Å². The van der Waals surface area contributed by atoms with Crippen molar-refractivity contribution in [1.82, 2.24) is 10.2 Å². The van der Waals surface area contributed by atoms with Crippen molar-refractivity contribution in [2.45, 2.75) is 81.1 Å². The van der Waals surface area contributed by atoms with E-state index in [-0.39, 0.29) is 0 Å². The molecule has 0 radical (unpaired) electrons. The van der Waals surface area contributed by atoms with Gasteiger partial charge in [-0.25, -0.2) is 0 Å². The standard InChI is InChI=1S/C21H45N3/c1-17(2)9-13-22-21(23-14-10-18(3)4)24(15-11-19(5)6)16-12-20(7)8/h17-20H,9-16H2,1-8H3,(H,22,23). The summed E-state index contributed by atoms with van der Waals surface area (Å²) in [7, 11) is 0. The monoisotopic (exact) mass is 339 g/mol. The van der Waals surface area contributed by atoms with Crippen molar-refractivity contribution < 1.29 is 0 Å². The van der Waals surface area contributed by atoms with Crippen molar-refractivity contribution >= 4 is 5.96 Å². The number of nitrogens with zero attached hydrogens (tertiary/aromatic N) is 2. The van der Waals surface area contributed by atoms with Crippen LogP contribution in [-0.2, 0) is 0 Å². The fourth-order valence-corrected chi connectivity index (χ4v) is 2.32. The first-order valence-corrected chi connectivity index (χ1v) is 10.3. The van der Waals surface area contributed by atoms with Gasteiger partial charge in [0.15, 0.2) is 5.96 Å². The van der Waals surface area contributed by atoms with E-state index in [0.717, 1.165) is 56.3 Å². The van der Waals surface area contributed by atoms with Crippen LogP contribution >= 0.6 is 0 Å². The first-order valence-electron chi connectivity index (χ1n) is 10.3. The molecule has 1 N–H and O–H groups in total. The molecule has 0 bridgehead atoms. The van der Waals surface area contributed by atoms with Gasteiger partial charge in [0.2, 0.25) is 0 Å². The summed E-state index contributed by atoms with van der Waals surface area (Å²) in [6.07, 6.45) is 4.82. The summed E-state index contributed by atoms with van der Waals surface area (Å²) in [6, 6.07) is 0. The highest BCUT2D eigenvalue weighted by Gasteiger charge is 2.13. The lowest BCUT2D eigenvalue weighted by molar-refractivity contribution is 0.341. The topological polar surface area (TPSA) is 27.6 Å². The minimum absolute atomic E-state index is 0.713. The summed E-state index contributed by atoms with van der Waals surface area (Å²) in [5, 5.41) is 3.65. The highest BCUT2D eigenvalue weighted by atomic mass is 15.3. The fourth-order valence-electron chi connectivity index (χ4n) is 2.32. The molecule has 0 saturated heterocycles. The Balaban J connectivity index is 4.89. The van der Waals surface area contributed by atoms with Gasteiger partial charge >= 0.3 is 0 Å². The van der Waals surface area contributed by atoms with E-state index in [1.807, 2.05) is 0 Å². The molecule has 0 atom stereocenters. The molecule has 0 spiro atoms. The van der Waals surface area contributed by atoms with E-state index in [1.54, 1.807) is 0 Å². The Morgan fingerprint density at radius 2 is 1.17 bits per heavy atom. The van der Waals surface area contributed by atoms with E-state index in [1.165, 1.54) is 19.3 Å². The second-order valence-electron chi connectivity index (χ2n) is 8.85. The molecule has 0 heterocycles. The van der Waals surface area contributed by atoms with Crippen LogP contribution in [0.3, 0.4) is 0 Å². The van der Waals surface area contributed by atoms with Gasteiger partial charge in [0.25, 0.3) is 0 Å². The third kappa shape index (κ3) is 13.7. The van der Waals surface area contributed by atoms with Gasteiger partial charge in [-0.2, -0.15) is 0 Å². The number of hydrogen-bond donors (Lipinski definition) is 1. The normalized spacial score (nSPS) is 12.8. The summed E-state index contributed by atoms with van der Waals surface area (Å²) in [5.41, 5.74) is 0. The maximum atomic E-state index is 4.95. The molecule has 0 aromatic heterocycles. The molecule has 24 heavy (non-hydrogen) atoms. The van der Waals surface area contributed by atoms with Gasteiger partial charge in [0.05, 0.1) is 0 Å². The maximum Gasteiger partial charge on any atom is 0.193 e. The third-order valence-electron chi connectivity index (χ3n) is 4.23. The molecule has 0 aromatic carbocycles. The largest absolute Gasteiger partial charge is 0.356 e. The molecule has 0 unspecified atom stereocenters. The summed E-state index contributed by atoms with van der Waals surface area (Å²) in [5.74, 6) is 4.05. The van der Waals surface area contributed by atoms with Gasteiger partial charge in [-0.05, 0) is 49.4 Å². The zero-order valence-corrected chi connectivity index (χ0v) is 17.9. The number of hydrogen-bond acceptors (Lipinski definition) is 1. The van der Waals surface area contributed by atoms with Crippen molar-refractivity contribution in [1.29, 1.82) is 0 Å². The second-order valence-corrected chi connectivity index (χ2v) is 8.85. The lowest BCUT2D eigenvalue weighted by Crippen LogP contribution is -2.44. The lowest BCUT2D eigenvalue weighted by atomic mass is 10.1. The predicted molar refractivity (Wildman–Crippen MR) is 110 cm³/mol. The summed E-state index contributed by atoms with van der Waals surface area (Å²) in [4.78, 5) is 7.45. The SMILES string of the molecule is CC(C)CCN=C(NCCC(C)C)N(CCC(C)C)CCC(C)C. The van der Waals surface area contributed by atoms with E-state index >= 15 is 0 Å². The van der Waals surface area contributed by atoms with Crippen LogP contribution < -0.4 is 5.32 Å². The van der Waals surface area contributed by atoms with Crippen LogP contribution in [0.1, 0.15) is 81.1 Å². The molecule has 0 rings (SSSR count). The third-order valence-corrected chi connectivity index (χ3v) is 4.23. The number of guanidine groups is 1. The Bertz CT molecular complexity index is 307. The Hall–Kier alpha value is -0.730. The Kier molecular flexibility index (Phi) is 13.1. The first kappa shape index (κ1) is 23.3. The second kappa shape index (κ2) is 13.5. The molecule has 0 amide bonds. The average molecular weight is 340 g/mol. The van der Waals surface area contributed by atoms with Crippen molar-refractivity contribution in [2.24, 2.45) is 28.7 Å². The van der Waals surface area contributed by atoms with Gasteiger partial charge in [0.1, 0.15) is 0 Å². The number of rotatable bonds is 12. The number of nitrogens with one attached hydrogen (secondary N) is 1. The average Bonchev–Trinajstić information content (AvgIpc) is 2.44. The Morgan fingerprint density at radius 3 is 1.58 bits per heavy atom. The van der Waals surface area contributed by atoms with E-state index < -0.39 is 0 Å². The van der Waals surface area contributed by atoms with E-state index in [2.05, 4.69) is 65.6 Å². The van der Waals surface area contributed by atoms with E-state index in [0.29, 0.717) is 5.92 Å². The van der Waals surface area contributed by atoms with Crippen LogP contribution in [0.5, 0.6) is 0 Å². The van der Waals surface area contributed by atoms with Crippen molar-refractivity contribution in [2.75, 3.05) is 26.2 Å². The maximum absolute atomic E-state index is 4.95. The van der Waals surface area contributed by atoms with Crippen LogP contribution in [0.2, 0.25) is 0 Å². The van der Waals surface area contributed by atoms with Gasteiger partial charge in [0, 0.05) is 26.2 Å². The van der Waals surface area contributed by atoms with Crippen molar-refractivity contribution in [3.05, 3.63) is 0 Å². The van der Waals surface area contributed by atoms with Crippen LogP contribution in [0.4, 0.5) is 0 Å². The summed E-state index contributed by atoms with van der Waals surface area (Å²) >= 11 is 0. The van der Waals surface area contributed by atoms with Crippen molar-refractivity contribution in [3.63, 3.8) is 0 Å². The van der Waals surface area contributed by atoms with Gasteiger partial charge in [-0.3, -0.25) is 4.99 Å². The molecular weight excluding hydrogens is 294 g/mol. The Labute approximate surface area is 152 Å². The van der Waals surface area contributed by atoms with Crippen LogP contribution in [0, 0.1) is 23.7 Å². The van der Waals surface area contributed by atoms with Gasteiger partial charge in [-0.1, -0.05) is 55.4 Å². The smallest absolute Gasteiger partial charge is 0.193 e. The van der Waals surface area contributed by atoms with Gasteiger partial charge in [-0.15, -0.1) is 0 Å². The predicted octanol–water partition coefficient (Wildman–Crippen LogP) is 5.42. The molecule has 0 aliphatic heterocycles. The number of aliphatic imine (C=N–C) groups is 1. The fraction of sp³-hybridized carbons (Fsp3) is 0.952. The zero-order chi connectivity index (χ0) is 18.5. The minimum atomic E-state index is 0.713. The quantitative estimate of drug-likeness (QED) is 0.380. The molecule has 3 nitrogen and oxygen atoms in total. The minimum Gasteiger partial charge on any atom is -0.356 e. The highest BCUT2D eigenvalue weighted by molar-refractivity contribution is 5.80. The van der Waals surface area contributed by atoms with Crippen LogP contribution in [-0.4, -0.2) is 37.0 Å². The zero-order valence-electron chi connectivity index (χ0n) is 17.9. The highest BCUT2D eigenvalue weighted by Crippen LogP contribution is 2.08. The summed E-state index contributed by atoms with van der Waals surface area (Å²) < 4.78 is 0. The van der Waals surface area contributed by atoms with Gasteiger partial charge < -0.3 is 10.2 Å². The Morgan fingerprint density at radius 1 is 0.708 bits per heavy atom. The molecule has 144 valence electrons. The molecule has 3 heteroatoms. The molecule has 0 aliphatic carbocycles. The lowest BCUT2D eigenvalue weighted by Gasteiger charge is -2.29. The molecule has 0 aliphatic rings. The van der Waals surface area contributed by atoms with E-state index in [4.69, 9.17) is 4.99 Å². The molecule has 0 fully saturated rings. The molecule has 0 saturated carbocycles. The summed E-state index contributed by atoms with van der Waals surface area (Å²) in [6.45, 7) is 22.5.